The lowest BCUT2D eigenvalue weighted by Crippen LogP contribution is -2.04. The molecule has 9 aromatic carbocycles. The molecule has 280 valence electrons. The number of aromatic nitrogens is 4. The Kier molecular flexibility index (Phi) is 8.00. The van der Waals surface area contributed by atoms with Crippen LogP contribution in [0.25, 0.3) is 115 Å². The molecular weight excluding hydrogens is 749 g/mol. The highest BCUT2D eigenvalue weighted by atomic mass is 32.1. The Morgan fingerprint density at radius 3 is 1.67 bits per heavy atom. The Morgan fingerprint density at radius 1 is 0.317 bits per heavy atom. The van der Waals surface area contributed by atoms with E-state index in [4.69, 9.17) is 15.0 Å². The second-order valence-corrected chi connectivity index (χ2v) is 16.3. The minimum absolute atomic E-state index is 0.608. The van der Waals surface area contributed by atoms with Crippen molar-refractivity contribution in [3.05, 3.63) is 206 Å². The van der Waals surface area contributed by atoms with Gasteiger partial charge >= 0.3 is 0 Å². The van der Waals surface area contributed by atoms with Gasteiger partial charge < -0.3 is 4.57 Å². The number of para-hydroxylation sites is 2. The van der Waals surface area contributed by atoms with Gasteiger partial charge in [-0.3, -0.25) is 0 Å². The van der Waals surface area contributed by atoms with Gasteiger partial charge in [-0.05, 0) is 87.6 Å². The van der Waals surface area contributed by atoms with Crippen LogP contribution in [0, 0.1) is 0 Å². The first kappa shape index (κ1) is 34.3. The molecule has 0 amide bonds. The SMILES string of the molecule is c1ccc(-c2ccc(-c3nc(-c4cccc(-c5ccc6sc7ccccc7c6c5)c4)nc(-c4ccc5ccccc5c4)n3)c(-n3c4ccccc4c4ccccc43)c2)cc1. The molecular formula is C55H34N4S. The van der Waals surface area contributed by atoms with Crippen LogP contribution in [-0.2, 0) is 0 Å². The zero-order valence-electron chi connectivity index (χ0n) is 32.3. The number of thiophene rings is 1. The number of hydrogen-bond acceptors (Lipinski definition) is 4. The number of rotatable bonds is 6. The summed E-state index contributed by atoms with van der Waals surface area (Å²) in [6, 6.07) is 73.4. The van der Waals surface area contributed by atoms with Crippen molar-refractivity contribution >= 4 is 64.1 Å². The summed E-state index contributed by atoms with van der Waals surface area (Å²) in [7, 11) is 0. The highest BCUT2D eigenvalue weighted by molar-refractivity contribution is 7.25. The fourth-order valence-corrected chi connectivity index (χ4v) is 9.81. The van der Waals surface area contributed by atoms with Crippen molar-refractivity contribution in [3.63, 3.8) is 0 Å². The van der Waals surface area contributed by atoms with Gasteiger partial charge in [0.05, 0.1) is 16.7 Å². The third-order valence-electron chi connectivity index (χ3n) is 11.6. The average Bonchev–Trinajstić information content (AvgIpc) is 3.87. The minimum atomic E-state index is 0.608. The van der Waals surface area contributed by atoms with E-state index in [0.29, 0.717) is 17.5 Å². The molecule has 3 heterocycles. The third kappa shape index (κ3) is 5.78. The lowest BCUT2D eigenvalue weighted by molar-refractivity contribution is 1.07. The van der Waals surface area contributed by atoms with Gasteiger partial charge in [0.15, 0.2) is 17.5 Å². The molecule has 0 atom stereocenters. The first-order chi connectivity index (χ1) is 29.7. The van der Waals surface area contributed by atoms with Crippen LogP contribution in [0.15, 0.2) is 206 Å². The molecule has 0 fully saturated rings. The number of fused-ring (bicyclic) bond motifs is 7. The van der Waals surface area contributed by atoms with Gasteiger partial charge in [-0.15, -0.1) is 11.3 Å². The van der Waals surface area contributed by atoms with Gasteiger partial charge in [0, 0.05) is 47.6 Å². The molecule has 0 aliphatic heterocycles. The van der Waals surface area contributed by atoms with E-state index in [1.165, 1.54) is 36.3 Å². The van der Waals surface area contributed by atoms with Gasteiger partial charge in [0.25, 0.3) is 0 Å². The van der Waals surface area contributed by atoms with Crippen LogP contribution in [0.5, 0.6) is 0 Å². The minimum Gasteiger partial charge on any atom is -0.308 e. The van der Waals surface area contributed by atoms with Gasteiger partial charge in [0.1, 0.15) is 0 Å². The Labute approximate surface area is 350 Å². The predicted octanol–water partition coefficient (Wildman–Crippen LogP) is 14.8. The molecule has 12 rings (SSSR count). The van der Waals surface area contributed by atoms with E-state index in [1.54, 1.807) is 0 Å². The zero-order valence-corrected chi connectivity index (χ0v) is 33.1. The first-order valence-corrected chi connectivity index (χ1v) is 21.0. The normalized spacial score (nSPS) is 11.7. The molecule has 0 saturated carbocycles. The molecule has 0 saturated heterocycles. The zero-order chi connectivity index (χ0) is 39.6. The monoisotopic (exact) mass is 782 g/mol. The maximum absolute atomic E-state index is 5.38. The molecule has 0 radical (unpaired) electrons. The highest BCUT2D eigenvalue weighted by Crippen LogP contribution is 2.40. The molecule has 5 heteroatoms. The quantitative estimate of drug-likeness (QED) is 0.169. The fourth-order valence-electron chi connectivity index (χ4n) is 8.72. The standard InChI is InChI=1S/C55H34N4S/c1-2-13-35(14-3-1)40-27-29-46(50(34-40)59-48-22-9-6-19-43(48)44-20-7-10-23-49(44)59)55-57-53(56-54(58-55)42-26-25-36-15-4-5-16-37(36)31-42)41-18-12-17-38(32-41)39-28-30-52-47(33-39)45-21-8-11-24-51(45)60-52/h1-34H. The Balaban J connectivity index is 1.09. The van der Waals surface area contributed by atoms with Crippen molar-refractivity contribution in [2.24, 2.45) is 0 Å². The van der Waals surface area contributed by atoms with Gasteiger partial charge in [-0.25, -0.2) is 15.0 Å². The molecule has 0 aliphatic carbocycles. The van der Waals surface area contributed by atoms with Crippen molar-refractivity contribution < 1.29 is 0 Å². The third-order valence-corrected chi connectivity index (χ3v) is 12.8. The maximum atomic E-state index is 5.38. The predicted molar refractivity (Wildman–Crippen MR) is 252 cm³/mol. The van der Waals surface area contributed by atoms with Crippen LogP contribution in [0.1, 0.15) is 0 Å². The summed E-state index contributed by atoms with van der Waals surface area (Å²) in [5, 5.41) is 7.26. The molecule has 0 spiro atoms. The van der Waals surface area contributed by atoms with Crippen molar-refractivity contribution in [2.75, 3.05) is 0 Å². The molecule has 12 aromatic rings. The van der Waals surface area contributed by atoms with Crippen LogP contribution < -0.4 is 0 Å². The summed E-state index contributed by atoms with van der Waals surface area (Å²) >= 11 is 1.84. The van der Waals surface area contributed by atoms with E-state index >= 15 is 0 Å². The largest absolute Gasteiger partial charge is 0.308 e. The molecule has 3 aromatic heterocycles. The summed E-state index contributed by atoms with van der Waals surface area (Å²) in [4.78, 5) is 16.0. The highest BCUT2D eigenvalue weighted by Gasteiger charge is 2.21. The molecule has 4 nitrogen and oxygen atoms in total. The topological polar surface area (TPSA) is 43.6 Å². The first-order valence-electron chi connectivity index (χ1n) is 20.2. The smallest absolute Gasteiger partial charge is 0.166 e. The fraction of sp³-hybridized carbons (Fsp3) is 0. The van der Waals surface area contributed by atoms with E-state index in [9.17, 15) is 0 Å². The second-order valence-electron chi connectivity index (χ2n) is 15.2. The summed E-state index contributed by atoms with van der Waals surface area (Å²) in [5.41, 5.74) is 10.5. The van der Waals surface area contributed by atoms with Crippen molar-refractivity contribution in [1.29, 1.82) is 0 Å². The second kappa shape index (κ2) is 14.0. The van der Waals surface area contributed by atoms with Crippen LogP contribution in [0.2, 0.25) is 0 Å². The summed E-state index contributed by atoms with van der Waals surface area (Å²) in [5.74, 6) is 1.85. The molecule has 0 unspecified atom stereocenters. The maximum Gasteiger partial charge on any atom is 0.166 e. The van der Waals surface area contributed by atoms with Crippen molar-refractivity contribution in [1.82, 2.24) is 19.5 Å². The van der Waals surface area contributed by atoms with Crippen LogP contribution >= 0.6 is 11.3 Å². The lowest BCUT2D eigenvalue weighted by Gasteiger charge is -2.16. The summed E-state index contributed by atoms with van der Waals surface area (Å²) in [6.07, 6.45) is 0. The summed E-state index contributed by atoms with van der Waals surface area (Å²) < 4.78 is 4.96. The Morgan fingerprint density at radius 2 is 0.867 bits per heavy atom. The lowest BCUT2D eigenvalue weighted by atomic mass is 10.00. The van der Waals surface area contributed by atoms with E-state index in [0.717, 1.165) is 61.1 Å². The molecule has 0 N–H and O–H groups in total. The van der Waals surface area contributed by atoms with Gasteiger partial charge in [0.2, 0.25) is 0 Å². The van der Waals surface area contributed by atoms with Gasteiger partial charge in [-0.2, -0.15) is 0 Å². The van der Waals surface area contributed by atoms with Crippen molar-refractivity contribution in [3.8, 4) is 62.1 Å². The van der Waals surface area contributed by atoms with Crippen LogP contribution in [-0.4, -0.2) is 19.5 Å². The Bertz CT molecular complexity index is 3570. The van der Waals surface area contributed by atoms with E-state index in [1.807, 2.05) is 11.3 Å². The van der Waals surface area contributed by atoms with E-state index in [-0.39, 0.29) is 0 Å². The molecule has 0 aliphatic rings. The van der Waals surface area contributed by atoms with Crippen LogP contribution in [0.4, 0.5) is 0 Å². The number of nitrogens with zero attached hydrogens (tertiary/aromatic N) is 4. The van der Waals surface area contributed by atoms with E-state index < -0.39 is 0 Å². The number of benzene rings is 9. The van der Waals surface area contributed by atoms with E-state index in [2.05, 4.69) is 211 Å². The molecule has 60 heavy (non-hydrogen) atoms. The molecule has 0 bridgehead atoms. The number of hydrogen-bond donors (Lipinski definition) is 0. The average molecular weight is 783 g/mol. The Hall–Kier alpha value is -7.73. The summed E-state index contributed by atoms with van der Waals surface area (Å²) in [6.45, 7) is 0. The van der Waals surface area contributed by atoms with Crippen LogP contribution in [0.3, 0.4) is 0 Å². The van der Waals surface area contributed by atoms with Gasteiger partial charge in [-0.1, -0.05) is 152 Å². The van der Waals surface area contributed by atoms with Crippen molar-refractivity contribution in [2.45, 2.75) is 0 Å².